The average Bonchev–Trinajstić information content (AvgIpc) is 2.83. The largest absolute Gasteiger partial charge is 0.392 e. The Hall–Kier alpha value is -0.570. The highest BCUT2D eigenvalue weighted by Gasteiger charge is 2.49. The lowest BCUT2D eigenvalue weighted by Crippen LogP contribution is -2.48. The first-order valence-electron chi connectivity index (χ1n) is 8.65. The molecule has 0 spiro atoms. The van der Waals surface area contributed by atoms with Crippen molar-refractivity contribution < 1.29 is 4.84 Å². The second-order valence-electron chi connectivity index (χ2n) is 8.00. The van der Waals surface area contributed by atoms with E-state index < -0.39 is 0 Å². The van der Waals surface area contributed by atoms with Gasteiger partial charge in [0.25, 0.3) is 0 Å². The molecule has 0 saturated heterocycles. The normalized spacial score (nSPS) is 50.7. The zero-order valence-electron chi connectivity index (χ0n) is 12.6. The van der Waals surface area contributed by atoms with E-state index in [1.54, 1.807) is 0 Å². The predicted molar refractivity (Wildman–Crippen MR) is 80.3 cm³/mol. The summed E-state index contributed by atoms with van der Waals surface area (Å²) in [4.78, 5) is 6.08. The van der Waals surface area contributed by atoms with Crippen LogP contribution in [0.4, 0.5) is 0 Å². The van der Waals surface area contributed by atoms with Crippen LogP contribution in [-0.4, -0.2) is 17.9 Å². The summed E-state index contributed by atoms with van der Waals surface area (Å²) in [6.45, 7) is 2.14. The number of hydrogen-bond acceptors (Lipinski definition) is 3. The van der Waals surface area contributed by atoms with Crippen molar-refractivity contribution >= 4 is 5.71 Å². The summed E-state index contributed by atoms with van der Waals surface area (Å²) in [5, 5.41) is 4.55. The third-order valence-electron chi connectivity index (χ3n) is 6.52. The van der Waals surface area contributed by atoms with Crippen LogP contribution in [0.5, 0.6) is 0 Å². The molecule has 0 aromatic rings. The maximum atomic E-state index is 6.08. The van der Waals surface area contributed by atoms with E-state index in [1.807, 2.05) is 0 Å². The lowest BCUT2D eigenvalue weighted by molar-refractivity contribution is -0.126. The lowest BCUT2D eigenvalue weighted by atomic mass is 9.55. The van der Waals surface area contributed by atoms with Crippen molar-refractivity contribution in [3.63, 3.8) is 0 Å². The summed E-state index contributed by atoms with van der Waals surface area (Å²) < 4.78 is 0. The summed E-state index contributed by atoms with van der Waals surface area (Å²) in [6, 6.07) is 0.381. The fraction of sp³-hybridized carbons (Fsp3) is 0.941. The molecule has 5 rings (SSSR count). The van der Waals surface area contributed by atoms with Crippen LogP contribution in [-0.2, 0) is 4.84 Å². The summed E-state index contributed by atoms with van der Waals surface area (Å²) in [7, 11) is 0. The minimum absolute atomic E-state index is 0.381. The van der Waals surface area contributed by atoms with Crippen molar-refractivity contribution in [3.05, 3.63) is 0 Å². The molecule has 5 saturated carbocycles. The van der Waals surface area contributed by atoms with E-state index in [9.17, 15) is 0 Å². The molecule has 2 atom stereocenters. The van der Waals surface area contributed by atoms with Gasteiger partial charge in [-0.3, -0.25) is 0 Å². The number of oxime groups is 1. The van der Waals surface area contributed by atoms with Crippen LogP contribution in [0.2, 0.25) is 0 Å². The van der Waals surface area contributed by atoms with Crippen LogP contribution in [0, 0.1) is 29.6 Å². The Kier molecular flexibility index (Phi) is 3.29. The third kappa shape index (κ3) is 2.28. The Morgan fingerprint density at radius 1 is 0.950 bits per heavy atom. The Bertz CT molecular complexity index is 378. The van der Waals surface area contributed by atoms with Gasteiger partial charge < -0.3 is 10.6 Å². The molecule has 4 bridgehead atoms. The molecule has 3 heteroatoms. The van der Waals surface area contributed by atoms with E-state index in [1.165, 1.54) is 44.2 Å². The number of nitrogens with zero attached hydrogens (tertiary/aromatic N) is 1. The second kappa shape index (κ2) is 5.01. The molecular formula is C17H28N2O. The summed E-state index contributed by atoms with van der Waals surface area (Å²) in [6.07, 6.45) is 11.0. The van der Waals surface area contributed by atoms with Crippen molar-refractivity contribution in [1.29, 1.82) is 0 Å². The highest BCUT2D eigenvalue weighted by Crippen LogP contribution is 2.54. The number of nitrogens with two attached hydrogens (primary N) is 1. The van der Waals surface area contributed by atoms with E-state index >= 15 is 0 Å². The molecule has 5 fully saturated rings. The Labute approximate surface area is 122 Å². The van der Waals surface area contributed by atoms with E-state index in [0.29, 0.717) is 18.1 Å². The minimum Gasteiger partial charge on any atom is -0.392 e. The third-order valence-corrected chi connectivity index (χ3v) is 6.52. The molecule has 0 aromatic carbocycles. The Balaban J connectivity index is 1.39. The number of rotatable bonds is 3. The van der Waals surface area contributed by atoms with Gasteiger partial charge in [0.15, 0.2) is 0 Å². The molecule has 0 aliphatic heterocycles. The second-order valence-corrected chi connectivity index (χ2v) is 8.00. The number of hydrogen-bond donors (Lipinski definition) is 1. The molecule has 0 unspecified atom stereocenters. The van der Waals surface area contributed by atoms with Crippen LogP contribution in [0.25, 0.3) is 0 Å². The maximum Gasteiger partial charge on any atom is 0.133 e. The summed E-state index contributed by atoms with van der Waals surface area (Å²) in [5.74, 6) is 4.19. The van der Waals surface area contributed by atoms with Gasteiger partial charge in [-0.1, -0.05) is 5.16 Å². The Morgan fingerprint density at radius 3 is 2.15 bits per heavy atom. The van der Waals surface area contributed by atoms with Crippen LogP contribution in [0.1, 0.15) is 58.3 Å². The fourth-order valence-corrected chi connectivity index (χ4v) is 5.66. The topological polar surface area (TPSA) is 47.6 Å². The first-order valence-corrected chi connectivity index (χ1v) is 8.65. The van der Waals surface area contributed by atoms with Crippen molar-refractivity contribution in [2.24, 2.45) is 40.5 Å². The van der Waals surface area contributed by atoms with Gasteiger partial charge in [-0.2, -0.15) is 0 Å². The van der Waals surface area contributed by atoms with Crippen LogP contribution in [0.15, 0.2) is 5.16 Å². The van der Waals surface area contributed by atoms with Gasteiger partial charge >= 0.3 is 0 Å². The smallest absolute Gasteiger partial charge is 0.133 e. The molecule has 5 aliphatic rings. The Morgan fingerprint density at radius 2 is 1.60 bits per heavy atom. The van der Waals surface area contributed by atoms with Gasteiger partial charge in [0, 0.05) is 12.0 Å². The van der Waals surface area contributed by atoms with E-state index in [-0.39, 0.29) is 0 Å². The monoisotopic (exact) mass is 276 g/mol. The van der Waals surface area contributed by atoms with Gasteiger partial charge in [-0.05, 0) is 82.0 Å². The van der Waals surface area contributed by atoms with Gasteiger partial charge in [-0.25, -0.2) is 0 Å². The fourth-order valence-electron chi connectivity index (χ4n) is 5.66. The van der Waals surface area contributed by atoms with Crippen LogP contribution < -0.4 is 5.73 Å². The first kappa shape index (κ1) is 13.1. The zero-order valence-corrected chi connectivity index (χ0v) is 12.6. The standard InChI is InChI=1S/C17H28N2O/c1-10(13-2-3-16(18)9-13)19-20-17-14-5-11-4-12(7-14)8-15(17)6-11/h11-17H,2-9,18H2,1H3/b19-10+/t11?,12?,13-,14?,15?,16+,17?/m0/s1. The quantitative estimate of drug-likeness (QED) is 0.635. The van der Waals surface area contributed by atoms with Crippen molar-refractivity contribution in [1.82, 2.24) is 0 Å². The molecule has 112 valence electrons. The van der Waals surface area contributed by atoms with Crippen molar-refractivity contribution in [3.8, 4) is 0 Å². The molecule has 0 radical (unpaired) electrons. The van der Waals surface area contributed by atoms with Gasteiger partial charge in [0.1, 0.15) is 6.10 Å². The lowest BCUT2D eigenvalue weighted by Gasteiger charge is -2.52. The molecule has 0 amide bonds. The molecule has 5 aliphatic carbocycles. The average molecular weight is 276 g/mol. The van der Waals surface area contributed by atoms with E-state index in [4.69, 9.17) is 10.6 Å². The van der Waals surface area contributed by atoms with E-state index in [2.05, 4.69) is 12.1 Å². The van der Waals surface area contributed by atoms with Crippen molar-refractivity contribution in [2.45, 2.75) is 70.4 Å². The van der Waals surface area contributed by atoms with Gasteiger partial charge in [0.2, 0.25) is 0 Å². The molecule has 2 N–H and O–H groups in total. The van der Waals surface area contributed by atoms with Gasteiger partial charge in [-0.15, -0.1) is 0 Å². The molecular weight excluding hydrogens is 248 g/mol. The zero-order chi connectivity index (χ0) is 13.7. The predicted octanol–water partition coefficient (Wildman–Crippen LogP) is 3.33. The van der Waals surface area contributed by atoms with E-state index in [0.717, 1.165) is 36.5 Å². The highest BCUT2D eigenvalue weighted by atomic mass is 16.6. The van der Waals surface area contributed by atoms with Crippen molar-refractivity contribution in [2.75, 3.05) is 0 Å². The van der Waals surface area contributed by atoms with Gasteiger partial charge in [0.05, 0.1) is 5.71 Å². The summed E-state index contributed by atoms with van der Waals surface area (Å²) in [5.41, 5.74) is 7.19. The molecule has 0 aromatic heterocycles. The van der Waals surface area contributed by atoms with Crippen LogP contribution >= 0.6 is 0 Å². The molecule has 20 heavy (non-hydrogen) atoms. The molecule has 3 nitrogen and oxygen atoms in total. The molecule has 0 heterocycles. The highest BCUT2D eigenvalue weighted by molar-refractivity contribution is 5.84. The SMILES string of the molecule is C/C(=N\OC1C2CC3CC(C2)CC1C3)[C@H]1CC[C@@H](N)C1. The maximum absolute atomic E-state index is 6.08. The minimum atomic E-state index is 0.381. The first-order chi connectivity index (χ1) is 9.69. The summed E-state index contributed by atoms with van der Waals surface area (Å²) >= 11 is 0. The van der Waals surface area contributed by atoms with Crippen LogP contribution in [0.3, 0.4) is 0 Å².